The fourth-order valence-corrected chi connectivity index (χ4v) is 2.76. The van der Waals surface area contributed by atoms with Crippen molar-refractivity contribution in [2.75, 3.05) is 0 Å². The molecule has 0 saturated heterocycles. The lowest BCUT2D eigenvalue weighted by atomic mass is 9.85. The topological polar surface area (TPSA) is 34.9 Å². The van der Waals surface area contributed by atoms with E-state index in [2.05, 4.69) is 29.8 Å². The number of Topliss-reactive ketones (excluding diaryl/α,β-unsaturated/α-hetero) is 1. The van der Waals surface area contributed by atoms with E-state index in [0.717, 1.165) is 11.9 Å². The molecule has 3 rings (SSSR count). The van der Waals surface area contributed by atoms with E-state index < -0.39 is 0 Å². The molecule has 1 heterocycles. The van der Waals surface area contributed by atoms with Crippen molar-refractivity contribution in [3.05, 3.63) is 29.6 Å². The molecule has 1 saturated carbocycles. The van der Waals surface area contributed by atoms with Crippen LogP contribution in [0.25, 0.3) is 11.0 Å². The average molecular weight is 256 g/mol. The summed E-state index contributed by atoms with van der Waals surface area (Å²) in [5.74, 6) is 2.13. The van der Waals surface area contributed by atoms with E-state index in [-0.39, 0.29) is 5.78 Å². The summed E-state index contributed by atoms with van der Waals surface area (Å²) in [6.45, 7) is 1.65. The molecule has 0 bridgehead atoms. The van der Waals surface area contributed by atoms with Crippen molar-refractivity contribution in [2.45, 2.75) is 44.9 Å². The zero-order valence-electron chi connectivity index (χ0n) is 11.6. The summed E-state index contributed by atoms with van der Waals surface area (Å²) in [5.41, 5.74) is 3.50. The highest BCUT2D eigenvalue weighted by molar-refractivity contribution is 5.78. The van der Waals surface area contributed by atoms with E-state index in [4.69, 9.17) is 4.98 Å². The van der Waals surface area contributed by atoms with Crippen LogP contribution in [0.4, 0.5) is 0 Å². The first kappa shape index (κ1) is 12.4. The van der Waals surface area contributed by atoms with Crippen LogP contribution in [0, 0.1) is 0 Å². The maximum atomic E-state index is 11.1. The minimum absolute atomic E-state index is 0.250. The van der Waals surface area contributed by atoms with Crippen molar-refractivity contribution in [3.8, 4) is 0 Å². The Balaban J connectivity index is 1.93. The molecule has 100 valence electrons. The van der Waals surface area contributed by atoms with E-state index in [0.29, 0.717) is 12.3 Å². The van der Waals surface area contributed by atoms with Crippen LogP contribution in [0.3, 0.4) is 0 Å². The highest BCUT2D eigenvalue weighted by Crippen LogP contribution is 2.36. The van der Waals surface area contributed by atoms with Gasteiger partial charge in [-0.05, 0) is 43.9 Å². The normalized spacial score (nSPS) is 15.7. The molecule has 0 unspecified atom stereocenters. The number of ketones is 1. The van der Waals surface area contributed by atoms with Crippen LogP contribution in [0.1, 0.15) is 49.9 Å². The minimum atomic E-state index is 0.250. The van der Waals surface area contributed by atoms with Crippen molar-refractivity contribution in [3.63, 3.8) is 0 Å². The van der Waals surface area contributed by atoms with E-state index in [1.165, 1.54) is 36.2 Å². The molecule has 0 N–H and O–H groups in total. The van der Waals surface area contributed by atoms with Crippen molar-refractivity contribution in [1.29, 1.82) is 0 Å². The fraction of sp³-hybridized carbons (Fsp3) is 0.500. The van der Waals surface area contributed by atoms with Crippen molar-refractivity contribution in [2.24, 2.45) is 7.05 Å². The molecule has 1 fully saturated rings. The summed E-state index contributed by atoms with van der Waals surface area (Å²) in [5, 5.41) is 0. The number of carbonyl (C=O) groups is 1. The lowest BCUT2D eigenvalue weighted by Crippen LogP contribution is -2.13. The van der Waals surface area contributed by atoms with Crippen LogP contribution in [-0.2, 0) is 18.3 Å². The second kappa shape index (κ2) is 4.80. The van der Waals surface area contributed by atoms with Gasteiger partial charge in [0.25, 0.3) is 0 Å². The van der Waals surface area contributed by atoms with Crippen LogP contribution in [0.15, 0.2) is 18.2 Å². The Morgan fingerprint density at radius 1 is 1.42 bits per heavy atom. The third kappa shape index (κ3) is 2.29. The monoisotopic (exact) mass is 256 g/mol. The lowest BCUT2D eigenvalue weighted by Gasteiger charge is -2.24. The van der Waals surface area contributed by atoms with Crippen LogP contribution in [0.5, 0.6) is 0 Å². The largest absolute Gasteiger partial charge is 0.331 e. The Kier molecular flexibility index (Phi) is 3.13. The lowest BCUT2D eigenvalue weighted by molar-refractivity contribution is -0.116. The minimum Gasteiger partial charge on any atom is -0.331 e. The van der Waals surface area contributed by atoms with E-state index in [1.54, 1.807) is 6.92 Å². The van der Waals surface area contributed by atoms with E-state index >= 15 is 0 Å². The van der Waals surface area contributed by atoms with Crippen LogP contribution in [0.2, 0.25) is 0 Å². The van der Waals surface area contributed by atoms with Crippen LogP contribution in [-0.4, -0.2) is 15.3 Å². The number of imidazole rings is 1. The molecule has 2 aromatic rings. The second-order valence-electron chi connectivity index (χ2n) is 5.68. The molecule has 3 nitrogen and oxygen atoms in total. The summed E-state index contributed by atoms with van der Waals surface area (Å²) < 4.78 is 2.23. The van der Waals surface area contributed by atoms with Crippen molar-refractivity contribution >= 4 is 16.8 Å². The van der Waals surface area contributed by atoms with Gasteiger partial charge < -0.3 is 9.36 Å². The van der Waals surface area contributed by atoms with Crippen molar-refractivity contribution in [1.82, 2.24) is 9.55 Å². The van der Waals surface area contributed by atoms with Gasteiger partial charge in [0.15, 0.2) is 0 Å². The van der Waals surface area contributed by atoms with Crippen molar-refractivity contribution < 1.29 is 4.79 Å². The number of fused-ring (bicyclic) bond motifs is 1. The Morgan fingerprint density at radius 2 is 2.21 bits per heavy atom. The number of benzene rings is 1. The van der Waals surface area contributed by atoms with Gasteiger partial charge in [0.05, 0.1) is 11.0 Å². The predicted octanol–water partition coefficient (Wildman–Crippen LogP) is 3.36. The second-order valence-corrected chi connectivity index (χ2v) is 5.68. The Labute approximate surface area is 113 Å². The Morgan fingerprint density at radius 3 is 2.84 bits per heavy atom. The van der Waals surface area contributed by atoms with Gasteiger partial charge in [-0.15, -0.1) is 0 Å². The highest BCUT2D eigenvalue weighted by Gasteiger charge is 2.24. The number of rotatable bonds is 4. The molecule has 19 heavy (non-hydrogen) atoms. The third-order valence-electron chi connectivity index (χ3n) is 4.22. The van der Waals surface area contributed by atoms with Gasteiger partial charge in [0, 0.05) is 19.4 Å². The molecular weight excluding hydrogens is 236 g/mol. The molecular formula is C16H20N2O. The molecule has 0 radical (unpaired) electrons. The summed E-state index contributed by atoms with van der Waals surface area (Å²) >= 11 is 0. The van der Waals surface area contributed by atoms with Gasteiger partial charge in [-0.1, -0.05) is 12.5 Å². The Hall–Kier alpha value is -1.64. The molecule has 0 spiro atoms. The summed E-state index contributed by atoms with van der Waals surface area (Å²) in [7, 11) is 2.11. The zero-order valence-corrected chi connectivity index (χ0v) is 11.6. The standard InChI is InChI=1S/C16H20N2O/c1-11(19)6-7-12-8-9-14-15(10-12)18(2)16(17-14)13-4-3-5-13/h8-10,13H,3-7H2,1-2H3. The number of hydrogen-bond acceptors (Lipinski definition) is 2. The number of aromatic nitrogens is 2. The summed E-state index contributed by atoms with van der Waals surface area (Å²) in [4.78, 5) is 15.8. The number of nitrogens with zero attached hydrogens (tertiary/aromatic N) is 2. The molecule has 1 aromatic heterocycles. The van der Waals surface area contributed by atoms with Gasteiger partial charge in [-0.25, -0.2) is 4.98 Å². The van der Waals surface area contributed by atoms with Crippen LogP contribution < -0.4 is 0 Å². The SMILES string of the molecule is CC(=O)CCc1ccc2nc(C3CCC3)n(C)c2c1. The molecule has 0 amide bonds. The molecule has 1 aliphatic carbocycles. The van der Waals surface area contributed by atoms with E-state index in [9.17, 15) is 4.79 Å². The quantitative estimate of drug-likeness (QED) is 0.840. The molecule has 1 aromatic carbocycles. The summed E-state index contributed by atoms with van der Waals surface area (Å²) in [6, 6.07) is 6.38. The zero-order chi connectivity index (χ0) is 13.4. The first-order valence-corrected chi connectivity index (χ1v) is 7.10. The molecule has 1 aliphatic rings. The molecule has 0 atom stereocenters. The third-order valence-corrected chi connectivity index (χ3v) is 4.22. The number of aryl methyl sites for hydroxylation is 2. The average Bonchev–Trinajstić information content (AvgIpc) is 2.62. The highest BCUT2D eigenvalue weighted by atomic mass is 16.1. The van der Waals surface area contributed by atoms with Crippen LogP contribution >= 0.6 is 0 Å². The smallest absolute Gasteiger partial charge is 0.130 e. The number of hydrogen-bond donors (Lipinski definition) is 0. The fourth-order valence-electron chi connectivity index (χ4n) is 2.76. The maximum Gasteiger partial charge on any atom is 0.130 e. The maximum absolute atomic E-state index is 11.1. The molecule has 3 heteroatoms. The molecule has 0 aliphatic heterocycles. The van der Waals surface area contributed by atoms with Gasteiger partial charge in [-0.3, -0.25) is 0 Å². The van der Waals surface area contributed by atoms with Gasteiger partial charge in [-0.2, -0.15) is 0 Å². The van der Waals surface area contributed by atoms with Gasteiger partial charge in [0.2, 0.25) is 0 Å². The first-order valence-electron chi connectivity index (χ1n) is 7.10. The van der Waals surface area contributed by atoms with Gasteiger partial charge >= 0.3 is 0 Å². The predicted molar refractivity (Wildman–Crippen MR) is 76.3 cm³/mol. The number of carbonyl (C=O) groups excluding carboxylic acids is 1. The first-order chi connectivity index (χ1) is 9.15. The summed E-state index contributed by atoms with van der Waals surface area (Å²) in [6.07, 6.45) is 5.33. The Bertz CT molecular complexity index is 623. The van der Waals surface area contributed by atoms with E-state index in [1.807, 2.05) is 0 Å². The van der Waals surface area contributed by atoms with Gasteiger partial charge in [0.1, 0.15) is 11.6 Å².